The zero-order valence-electron chi connectivity index (χ0n) is 16.5. The number of rotatable bonds is 4. The van der Waals surface area contributed by atoms with Gasteiger partial charge in [0.2, 0.25) is 5.91 Å². The first-order chi connectivity index (χ1) is 13.8. The Bertz CT molecular complexity index is 867. The number of carbonyl (C=O) groups excluding carboxylic acids is 1. The zero-order chi connectivity index (χ0) is 20.6. The molecule has 1 unspecified atom stereocenters. The molecule has 0 aromatic heterocycles. The van der Waals surface area contributed by atoms with Crippen LogP contribution >= 0.6 is 0 Å². The lowest BCUT2D eigenvalue weighted by Crippen LogP contribution is -2.53. The number of aromatic hydroxyl groups is 1. The number of amides is 1. The normalized spacial score (nSPS) is 24.8. The summed E-state index contributed by atoms with van der Waals surface area (Å²) in [4.78, 5) is 16.3. The number of phenolic OH excluding ortho intramolecular Hbond substituents is 1. The number of halogens is 2. The minimum Gasteiger partial charge on any atom is -0.508 e. The quantitative estimate of drug-likeness (QED) is 0.846. The van der Waals surface area contributed by atoms with Gasteiger partial charge >= 0.3 is 0 Å². The maximum absolute atomic E-state index is 14.9. The Morgan fingerprint density at radius 3 is 2.38 bits per heavy atom. The Labute approximate surface area is 169 Å². The molecule has 0 spiro atoms. The zero-order valence-corrected chi connectivity index (χ0v) is 16.5. The van der Waals surface area contributed by atoms with Gasteiger partial charge in [0, 0.05) is 13.1 Å². The number of carbonyl (C=O) groups is 1. The van der Waals surface area contributed by atoms with Crippen LogP contribution in [0.25, 0.3) is 0 Å². The predicted octanol–water partition coefficient (Wildman–Crippen LogP) is 3.93. The van der Waals surface area contributed by atoms with Crippen LogP contribution in [0.3, 0.4) is 0 Å². The van der Waals surface area contributed by atoms with E-state index in [1.807, 2.05) is 31.2 Å². The molecule has 2 saturated heterocycles. The van der Waals surface area contributed by atoms with Crippen molar-refractivity contribution in [2.75, 3.05) is 19.6 Å². The average molecular weight is 400 g/mol. The molecule has 2 aliphatic rings. The highest BCUT2D eigenvalue weighted by molar-refractivity contribution is 5.84. The van der Waals surface area contributed by atoms with Crippen LogP contribution in [0.1, 0.15) is 35.4 Å². The van der Waals surface area contributed by atoms with Crippen LogP contribution in [-0.2, 0) is 11.3 Å². The Hall–Kier alpha value is -2.47. The lowest BCUT2D eigenvalue weighted by Gasteiger charge is -2.40. The number of piperidine rings is 1. The average Bonchev–Trinajstić information content (AvgIpc) is 3.04. The van der Waals surface area contributed by atoms with Gasteiger partial charge in [0.25, 0.3) is 5.92 Å². The summed E-state index contributed by atoms with van der Waals surface area (Å²) in [5.74, 6) is -3.79. The minimum absolute atomic E-state index is 0.0514. The molecule has 2 fully saturated rings. The van der Waals surface area contributed by atoms with Gasteiger partial charge < -0.3 is 10.0 Å². The second-order valence-electron chi connectivity index (χ2n) is 8.21. The molecular weight excluding hydrogens is 374 g/mol. The second-order valence-corrected chi connectivity index (χ2v) is 8.21. The number of likely N-dealkylation sites (tertiary alicyclic amines) is 2. The van der Waals surface area contributed by atoms with Crippen molar-refractivity contribution in [3.05, 3.63) is 65.2 Å². The monoisotopic (exact) mass is 400 g/mol. The first-order valence-corrected chi connectivity index (χ1v) is 10.1. The molecule has 154 valence electrons. The molecule has 6 heteroatoms. The van der Waals surface area contributed by atoms with Gasteiger partial charge in [-0.25, -0.2) is 8.78 Å². The number of hydrogen-bond donors (Lipinski definition) is 1. The number of benzene rings is 2. The van der Waals surface area contributed by atoms with Gasteiger partial charge in [-0.3, -0.25) is 9.69 Å². The van der Waals surface area contributed by atoms with Crippen molar-refractivity contribution in [1.82, 2.24) is 9.80 Å². The topological polar surface area (TPSA) is 43.8 Å². The first kappa shape index (κ1) is 19.8. The van der Waals surface area contributed by atoms with Gasteiger partial charge in [-0.05, 0) is 49.6 Å². The van der Waals surface area contributed by atoms with E-state index in [0.717, 1.165) is 11.1 Å². The third-order valence-corrected chi connectivity index (χ3v) is 6.13. The molecule has 4 rings (SSSR count). The highest BCUT2D eigenvalue weighted by Crippen LogP contribution is 2.42. The number of aryl methyl sites for hydroxylation is 1. The maximum atomic E-state index is 14.9. The van der Waals surface area contributed by atoms with Crippen LogP contribution in [-0.4, -0.2) is 52.4 Å². The molecule has 2 aliphatic heterocycles. The molecule has 1 N–H and O–H groups in total. The fraction of sp³-hybridized carbons (Fsp3) is 0.435. The molecule has 0 radical (unpaired) electrons. The molecule has 2 aromatic rings. The van der Waals surface area contributed by atoms with Crippen molar-refractivity contribution in [1.29, 1.82) is 0 Å². The van der Waals surface area contributed by atoms with Crippen LogP contribution in [0.15, 0.2) is 48.5 Å². The lowest BCUT2D eigenvalue weighted by molar-refractivity contribution is -0.137. The van der Waals surface area contributed by atoms with E-state index in [4.69, 9.17) is 0 Å². The summed E-state index contributed by atoms with van der Waals surface area (Å²) in [6.07, 6.45) is 0.879. The van der Waals surface area contributed by atoms with Crippen molar-refractivity contribution >= 4 is 5.91 Å². The molecule has 0 aliphatic carbocycles. The molecule has 0 bridgehead atoms. The second kappa shape index (κ2) is 7.75. The summed E-state index contributed by atoms with van der Waals surface area (Å²) in [5, 5.41) is 9.41. The minimum atomic E-state index is -2.92. The van der Waals surface area contributed by atoms with Gasteiger partial charge in [0.05, 0.1) is 18.5 Å². The summed E-state index contributed by atoms with van der Waals surface area (Å²) in [7, 11) is 0. The lowest BCUT2D eigenvalue weighted by atomic mass is 9.85. The third kappa shape index (κ3) is 4.13. The van der Waals surface area contributed by atoms with E-state index in [9.17, 15) is 18.7 Å². The molecule has 2 aromatic carbocycles. The van der Waals surface area contributed by atoms with Gasteiger partial charge in [-0.15, -0.1) is 0 Å². The number of phenols is 1. The van der Waals surface area contributed by atoms with E-state index in [1.54, 1.807) is 21.9 Å². The van der Waals surface area contributed by atoms with Crippen molar-refractivity contribution in [3.8, 4) is 5.75 Å². The molecule has 2 heterocycles. The van der Waals surface area contributed by atoms with E-state index in [-0.39, 0.29) is 11.7 Å². The molecular formula is C23H26F2N2O2. The summed E-state index contributed by atoms with van der Waals surface area (Å²) in [5.41, 5.74) is 2.75. The molecule has 0 saturated carbocycles. The highest BCUT2D eigenvalue weighted by atomic mass is 19.3. The SMILES string of the molecule is Cc1ccc(CN2CC[C@@H](N3CCC(c4ccc(O)cc4)C(F)(F)C3)C2=O)cc1. The van der Waals surface area contributed by atoms with E-state index >= 15 is 0 Å². The van der Waals surface area contributed by atoms with Gasteiger partial charge in [-0.1, -0.05) is 42.0 Å². The van der Waals surface area contributed by atoms with Crippen LogP contribution in [0.4, 0.5) is 8.78 Å². The van der Waals surface area contributed by atoms with Crippen molar-refractivity contribution < 1.29 is 18.7 Å². The fourth-order valence-corrected chi connectivity index (χ4v) is 4.48. The summed E-state index contributed by atoms with van der Waals surface area (Å²) in [6.45, 7) is 3.20. The van der Waals surface area contributed by atoms with E-state index in [0.29, 0.717) is 38.0 Å². The van der Waals surface area contributed by atoms with Crippen LogP contribution in [0, 0.1) is 6.92 Å². The van der Waals surface area contributed by atoms with E-state index in [2.05, 4.69) is 0 Å². The van der Waals surface area contributed by atoms with Crippen molar-refractivity contribution in [2.45, 2.75) is 44.2 Å². The Balaban J connectivity index is 1.41. The van der Waals surface area contributed by atoms with E-state index in [1.165, 1.54) is 12.1 Å². The van der Waals surface area contributed by atoms with Crippen molar-refractivity contribution in [2.24, 2.45) is 0 Å². The highest BCUT2D eigenvalue weighted by Gasteiger charge is 2.49. The largest absolute Gasteiger partial charge is 0.508 e. The van der Waals surface area contributed by atoms with Crippen LogP contribution in [0.5, 0.6) is 5.75 Å². The van der Waals surface area contributed by atoms with E-state index < -0.39 is 24.4 Å². The number of hydrogen-bond acceptors (Lipinski definition) is 3. The van der Waals surface area contributed by atoms with Crippen molar-refractivity contribution in [3.63, 3.8) is 0 Å². The number of alkyl halides is 2. The third-order valence-electron chi connectivity index (χ3n) is 6.13. The number of nitrogens with zero attached hydrogens (tertiary/aromatic N) is 2. The predicted molar refractivity (Wildman–Crippen MR) is 107 cm³/mol. The van der Waals surface area contributed by atoms with Gasteiger partial charge in [0.15, 0.2) is 0 Å². The molecule has 1 amide bonds. The smallest absolute Gasteiger partial charge is 0.267 e. The molecule has 2 atom stereocenters. The molecule has 4 nitrogen and oxygen atoms in total. The Morgan fingerprint density at radius 2 is 1.72 bits per heavy atom. The fourth-order valence-electron chi connectivity index (χ4n) is 4.48. The molecule has 29 heavy (non-hydrogen) atoms. The summed E-state index contributed by atoms with van der Waals surface area (Å²) >= 11 is 0. The Morgan fingerprint density at radius 1 is 1.03 bits per heavy atom. The summed E-state index contributed by atoms with van der Waals surface area (Å²) < 4.78 is 29.9. The van der Waals surface area contributed by atoms with Crippen LogP contribution in [0.2, 0.25) is 0 Å². The first-order valence-electron chi connectivity index (χ1n) is 10.1. The van der Waals surface area contributed by atoms with Gasteiger partial charge in [-0.2, -0.15) is 0 Å². The maximum Gasteiger partial charge on any atom is 0.267 e. The summed E-state index contributed by atoms with van der Waals surface area (Å²) in [6, 6.07) is 13.6. The van der Waals surface area contributed by atoms with Gasteiger partial charge in [0.1, 0.15) is 5.75 Å². The standard InChI is InChI=1S/C23H26F2N2O2/c1-16-2-4-17(5-3-16)14-26-13-11-21(22(26)29)27-12-10-20(23(24,25)15-27)18-6-8-19(28)9-7-18/h2-9,20-21,28H,10-15H2,1H3/t20?,21-/m1/s1. The van der Waals surface area contributed by atoms with Crippen LogP contribution < -0.4 is 0 Å². The Kier molecular flexibility index (Phi) is 5.30.